The van der Waals surface area contributed by atoms with Gasteiger partial charge in [0.1, 0.15) is 0 Å². The summed E-state index contributed by atoms with van der Waals surface area (Å²) in [5, 5.41) is 0. The summed E-state index contributed by atoms with van der Waals surface area (Å²) in [5.74, 6) is 0. The topological polar surface area (TPSA) is 39.9 Å². The molecule has 1 rings (SSSR count). The Bertz CT molecular complexity index is 426. The van der Waals surface area contributed by atoms with Crippen LogP contribution in [0.3, 0.4) is 0 Å². The lowest BCUT2D eigenvalue weighted by Gasteiger charge is -2.16. The van der Waals surface area contributed by atoms with E-state index in [1.54, 1.807) is 38.1 Å². The number of nitrogens with zero attached hydrogens (tertiary/aromatic N) is 1. The zero-order valence-corrected chi connectivity index (χ0v) is 10.9. The molecule has 0 heterocycles. The summed E-state index contributed by atoms with van der Waals surface area (Å²) in [7, 11) is -3.04. The van der Waals surface area contributed by atoms with E-state index in [1.807, 2.05) is 0 Å². The van der Waals surface area contributed by atoms with Gasteiger partial charge in [-0.15, -0.1) is 0 Å². The van der Waals surface area contributed by atoms with Crippen molar-refractivity contribution in [3.63, 3.8) is 0 Å². The van der Waals surface area contributed by atoms with E-state index in [-0.39, 0.29) is 6.16 Å². The molecule has 0 unspecified atom stereocenters. The summed E-state index contributed by atoms with van der Waals surface area (Å²) in [6.45, 7) is 11.1. The van der Waals surface area contributed by atoms with E-state index >= 15 is 0 Å². The highest BCUT2D eigenvalue weighted by atomic mass is 31.2. The van der Waals surface area contributed by atoms with Gasteiger partial charge in [-0.3, -0.25) is 4.57 Å². The second-order valence-corrected chi connectivity index (χ2v) is 5.44. The first kappa shape index (κ1) is 13.9. The van der Waals surface area contributed by atoms with Gasteiger partial charge < -0.3 is 9.05 Å². The molecular formula is C12H16NO3P. The lowest BCUT2D eigenvalue weighted by Crippen LogP contribution is -1.98. The summed E-state index contributed by atoms with van der Waals surface area (Å²) in [5.41, 5.74) is 1.42. The van der Waals surface area contributed by atoms with Gasteiger partial charge in [-0.05, 0) is 19.4 Å². The van der Waals surface area contributed by atoms with Gasteiger partial charge in [-0.2, -0.15) is 0 Å². The third kappa shape index (κ3) is 4.32. The molecule has 0 saturated heterocycles. The van der Waals surface area contributed by atoms with Crippen LogP contribution in [-0.4, -0.2) is 13.2 Å². The number of benzene rings is 1. The van der Waals surface area contributed by atoms with Crippen LogP contribution in [0.4, 0.5) is 5.69 Å². The van der Waals surface area contributed by atoms with Gasteiger partial charge in [0.25, 0.3) is 0 Å². The van der Waals surface area contributed by atoms with Crippen LogP contribution in [0.25, 0.3) is 4.85 Å². The van der Waals surface area contributed by atoms with Gasteiger partial charge >= 0.3 is 7.60 Å². The van der Waals surface area contributed by atoms with Crippen LogP contribution in [0.5, 0.6) is 0 Å². The Labute approximate surface area is 102 Å². The highest BCUT2D eigenvalue weighted by molar-refractivity contribution is 7.53. The SMILES string of the molecule is [C-]#[N+]c1ccc(CP(=O)(OCC)OCC)cc1. The van der Waals surface area contributed by atoms with E-state index in [0.717, 1.165) is 5.56 Å². The molecule has 17 heavy (non-hydrogen) atoms. The molecule has 0 bridgehead atoms. The van der Waals surface area contributed by atoms with Gasteiger partial charge in [0.15, 0.2) is 5.69 Å². The smallest absolute Gasteiger partial charge is 0.309 e. The molecule has 0 aliphatic heterocycles. The predicted octanol–water partition coefficient (Wildman–Crippen LogP) is 4.00. The average Bonchev–Trinajstić information content (AvgIpc) is 2.30. The van der Waals surface area contributed by atoms with E-state index in [2.05, 4.69) is 4.85 Å². The normalized spacial score (nSPS) is 11.1. The highest BCUT2D eigenvalue weighted by Crippen LogP contribution is 2.51. The average molecular weight is 253 g/mol. The fourth-order valence-corrected chi connectivity index (χ4v) is 3.12. The Balaban J connectivity index is 2.79. The van der Waals surface area contributed by atoms with Crippen molar-refractivity contribution in [2.75, 3.05) is 13.2 Å². The van der Waals surface area contributed by atoms with E-state index in [4.69, 9.17) is 15.6 Å². The standard InChI is InChI=1S/C12H16NO3P/c1-4-15-17(14,16-5-2)10-11-6-8-12(13-3)9-7-11/h6-9H,4-5,10H2,1-2H3. The number of rotatable bonds is 6. The van der Waals surface area contributed by atoms with Gasteiger partial charge in [0.05, 0.1) is 25.9 Å². The van der Waals surface area contributed by atoms with Gasteiger partial charge in [0.2, 0.25) is 0 Å². The Morgan fingerprint density at radius 3 is 2.12 bits per heavy atom. The molecule has 0 radical (unpaired) electrons. The first-order chi connectivity index (χ1) is 8.13. The van der Waals surface area contributed by atoms with Crippen LogP contribution in [0.15, 0.2) is 24.3 Å². The van der Waals surface area contributed by atoms with E-state index in [0.29, 0.717) is 18.9 Å². The van der Waals surface area contributed by atoms with Crippen molar-refractivity contribution in [2.45, 2.75) is 20.0 Å². The molecule has 1 aromatic carbocycles. The van der Waals surface area contributed by atoms with Crippen molar-refractivity contribution in [1.29, 1.82) is 0 Å². The minimum Gasteiger partial charge on any atom is -0.309 e. The second-order valence-electron chi connectivity index (χ2n) is 3.38. The van der Waals surface area contributed by atoms with Crippen molar-refractivity contribution < 1.29 is 13.6 Å². The molecule has 92 valence electrons. The van der Waals surface area contributed by atoms with Crippen molar-refractivity contribution in [2.24, 2.45) is 0 Å². The maximum Gasteiger partial charge on any atom is 0.335 e. The summed E-state index contributed by atoms with van der Waals surface area (Å²) >= 11 is 0. The molecule has 0 atom stereocenters. The highest BCUT2D eigenvalue weighted by Gasteiger charge is 2.23. The maximum absolute atomic E-state index is 12.2. The molecule has 0 spiro atoms. The monoisotopic (exact) mass is 253 g/mol. The number of hydrogen-bond acceptors (Lipinski definition) is 3. The molecule has 0 fully saturated rings. The van der Waals surface area contributed by atoms with E-state index in [9.17, 15) is 4.57 Å². The maximum atomic E-state index is 12.2. The zero-order chi connectivity index (χ0) is 12.7. The van der Waals surface area contributed by atoms with Crippen LogP contribution in [0, 0.1) is 6.57 Å². The Kier molecular flexibility index (Phi) is 5.37. The molecule has 5 heteroatoms. The Morgan fingerprint density at radius 1 is 1.18 bits per heavy atom. The van der Waals surface area contributed by atoms with Crippen LogP contribution in [0.1, 0.15) is 19.4 Å². The molecule has 0 aliphatic carbocycles. The second kappa shape index (κ2) is 6.56. The van der Waals surface area contributed by atoms with Crippen molar-refractivity contribution in [1.82, 2.24) is 0 Å². The third-order valence-corrected chi connectivity index (χ3v) is 4.15. The molecule has 0 aromatic heterocycles. The molecular weight excluding hydrogens is 237 g/mol. The van der Waals surface area contributed by atoms with Crippen LogP contribution >= 0.6 is 7.60 Å². The third-order valence-electron chi connectivity index (χ3n) is 2.09. The van der Waals surface area contributed by atoms with Crippen LogP contribution < -0.4 is 0 Å². The molecule has 4 nitrogen and oxygen atoms in total. The largest absolute Gasteiger partial charge is 0.335 e. The molecule has 0 saturated carbocycles. The summed E-state index contributed by atoms with van der Waals surface area (Å²) < 4.78 is 22.6. The summed E-state index contributed by atoms with van der Waals surface area (Å²) in [6.07, 6.45) is 0.243. The molecule has 1 aromatic rings. The van der Waals surface area contributed by atoms with Crippen LogP contribution in [0.2, 0.25) is 0 Å². The Hall–Kier alpha value is -1.14. The lowest BCUT2D eigenvalue weighted by atomic mass is 10.2. The van der Waals surface area contributed by atoms with Gasteiger partial charge in [-0.25, -0.2) is 4.85 Å². The van der Waals surface area contributed by atoms with Crippen molar-refractivity contribution in [3.05, 3.63) is 41.2 Å². The van der Waals surface area contributed by atoms with E-state index in [1.165, 1.54) is 0 Å². The fraction of sp³-hybridized carbons (Fsp3) is 0.417. The fourth-order valence-electron chi connectivity index (χ4n) is 1.42. The van der Waals surface area contributed by atoms with Crippen molar-refractivity contribution >= 4 is 13.3 Å². The van der Waals surface area contributed by atoms with Crippen LogP contribution in [-0.2, 0) is 19.8 Å². The lowest BCUT2D eigenvalue weighted by molar-refractivity contribution is 0.219. The molecule has 0 aliphatic rings. The Morgan fingerprint density at radius 2 is 1.71 bits per heavy atom. The van der Waals surface area contributed by atoms with E-state index < -0.39 is 7.60 Å². The first-order valence-electron chi connectivity index (χ1n) is 5.48. The molecule has 0 amide bonds. The minimum absolute atomic E-state index is 0.243. The van der Waals surface area contributed by atoms with Gasteiger partial charge in [0, 0.05) is 0 Å². The summed E-state index contributed by atoms with van der Waals surface area (Å²) in [4.78, 5) is 3.30. The quantitative estimate of drug-likeness (QED) is 0.568. The zero-order valence-electron chi connectivity index (χ0n) is 10.0. The predicted molar refractivity (Wildman–Crippen MR) is 67.3 cm³/mol. The van der Waals surface area contributed by atoms with Gasteiger partial charge in [-0.1, -0.05) is 24.3 Å². The minimum atomic E-state index is -3.04. The molecule has 0 N–H and O–H groups in total. The first-order valence-corrected chi connectivity index (χ1v) is 7.21. The summed E-state index contributed by atoms with van der Waals surface area (Å²) in [6, 6.07) is 6.95. The number of hydrogen-bond donors (Lipinski definition) is 0. The van der Waals surface area contributed by atoms with Crippen molar-refractivity contribution in [3.8, 4) is 0 Å².